The van der Waals surface area contributed by atoms with Gasteiger partial charge in [-0.3, -0.25) is 4.72 Å². The molecule has 2 aliphatic rings. The van der Waals surface area contributed by atoms with E-state index in [2.05, 4.69) is 4.72 Å². The lowest BCUT2D eigenvalue weighted by Crippen LogP contribution is -2.39. The molecule has 0 atom stereocenters. The van der Waals surface area contributed by atoms with Crippen LogP contribution in [0.25, 0.3) is 0 Å². The van der Waals surface area contributed by atoms with Gasteiger partial charge in [0.15, 0.2) is 0 Å². The third-order valence-electron chi connectivity index (χ3n) is 3.83. The Labute approximate surface area is 120 Å². The number of para-hydroxylation sites is 1. The predicted octanol–water partition coefficient (Wildman–Crippen LogP) is 2.15. The van der Waals surface area contributed by atoms with Crippen LogP contribution in [0.3, 0.4) is 0 Å². The summed E-state index contributed by atoms with van der Waals surface area (Å²) in [6, 6.07) is 5.64. The largest absolute Gasteiger partial charge is 0.491 e. The number of benzene rings is 1. The number of nitrogens with zero attached hydrogens (tertiary/aromatic N) is 1. The topological polar surface area (TPSA) is 58.6 Å². The minimum absolute atomic E-state index is 0.563. The second-order valence-corrected chi connectivity index (χ2v) is 6.98. The Bertz CT molecular complexity index is 580. The number of hydrogen-bond acceptors (Lipinski definition) is 3. The molecule has 1 fully saturated rings. The summed E-state index contributed by atoms with van der Waals surface area (Å²) in [6.45, 7) is 1.85. The summed E-state index contributed by atoms with van der Waals surface area (Å²) < 4.78 is 34.7. The first-order valence-corrected chi connectivity index (χ1v) is 8.63. The first-order valence-electron chi connectivity index (χ1n) is 7.19. The Morgan fingerprint density at radius 2 is 1.90 bits per heavy atom. The van der Waals surface area contributed by atoms with Crippen LogP contribution in [0.1, 0.15) is 31.2 Å². The highest BCUT2D eigenvalue weighted by Gasteiger charge is 2.25. The maximum Gasteiger partial charge on any atom is 0.301 e. The van der Waals surface area contributed by atoms with Crippen molar-refractivity contribution in [2.45, 2.75) is 32.1 Å². The molecule has 110 valence electrons. The van der Waals surface area contributed by atoms with Crippen molar-refractivity contribution in [3.8, 4) is 5.75 Å². The smallest absolute Gasteiger partial charge is 0.301 e. The van der Waals surface area contributed by atoms with Gasteiger partial charge in [-0.15, -0.1) is 0 Å². The van der Waals surface area contributed by atoms with Gasteiger partial charge in [-0.2, -0.15) is 12.7 Å². The number of hydrogen-bond donors (Lipinski definition) is 1. The molecule has 1 N–H and O–H groups in total. The van der Waals surface area contributed by atoms with Gasteiger partial charge in [0.05, 0.1) is 12.3 Å². The fourth-order valence-electron chi connectivity index (χ4n) is 2.78. The van der Waals surface area contributed by atoms with Gasteiger partial charge in [0, 0.05) is 13.1 Å². The van der Waals surface area contributed by atoms with Crippen molar-refractivity contribution >= 4 is 15.9 Å². The van der Waals surface area contributed by atoms with Crippen molar-refractivity contribution in [1.82, 2.24) is 4.31 Å². The first-order chi connectivity index (χ1) is 9.67. The number of anilines is 1. The van der Waals surface area contributed by atoms with E-state index in [1.165, 1.54) is 4.31 Å². The van der Waals surface area contributed by atoms with Gasteiger partial charge >= 0.3 is 10.2 Å². The Balaban J connectivity index is 1.83. The highest BCUT2D eigenvalue weighted by molar-refractivity contribution is 7.90. The lowest BCUT2D eigenvalue weighted by molar-refractivity contribution is 0.290. The van der Waals surface area contributed by atoms with E-state index in [-0.39, 0.29) is 0 Å². The zero-order chi connectivity index (χ0) is 14.0. The average Bonchev–Trinajstić information content (AvgIpc) is 2.48. The third-order valence-corrected chi connectivity index (χ3v) is 5.35. The van der Waals surface area contributed by atoms with Crippen LogP contribution in [-0.4, -0.2) is 32.4 Å². The summed E-state index contributed by atoms with van der Waals surface area (Å²) in [5, 5.41) is 0. The number of piperidine rings is 1. The molecule has 0 aromatic heterocycles. The Morgan fingerprint density at radius 1 is 1.10 bits per heavy atom. The molecule has 0 saturated carbocycles. The molecule has 0 amide bonds. The van der Waals surface area contributed by atoms with Gasteiger partial charge in [-0.05, 0) is 37.3 Å². The molecular weight excluding hydrogens is 276 g/mol. The zero-order valence-electron chi connectivity index (χ0n) is 11.5. The van der Waals surface area contributed by atoms with Gasteiger partial charge in [0.2, 0.25) is 0 Å². The lowest BCUT2D eigenvalue weighted by atomic mass is 10.1. The van der Waals surface area contributed by atoms with Gasteiger partial charge in [-0.1, -0.05) is 18.6 Å². The van der Waals surface area contributed by atoms with Gasteiger partial charge < -0.3 is 4.74 Å². The molecule has 0 aliphatic carbocycles. The highest BCUT2D eigenvalue weighted by Crippen LogP contribution is 2.33. The number of ether oxygens (including phenoxy) is 1. The molecule has 2 aliphatic heterocycles. The van der Waals surface area contributed by atoms with Crippen molar-refractivity contribution in [1.29, 1.82) is 0 Å². The number of fused-ring (bicyclic) bond motifs is 1. The second kappa shape index (κ2) is 5.61. The minimum atomic E-state index is -3.47. The van der Waals surface area contributed by atoms with Gasteiger partial charge in [-0.25, -0.2) is 0 Å². The standard InChI is InChI=1S/C14H20N2O3S/c17-20(18,16-9-2-1-3-10-16)15-13-8-4-6-12-7-5-11-19-14(12)13/h4,6,8,15H,1-3,5,7,9-11H2. The molecule has 1 aromatic carbocycles. The van der Waals surface area contributed by atoms with Gasteiger partial charge in [0.1, 0.15) is 5.75 Å². The van der Waals surface area contributed by atoms with E-state index in [1.54, 1.807) is 6.07 Å². The zero-order valence-corrected chi connectivity index (χ0v) is 12.3. The summed E-state index contributed by atoms with van der Waals surface area (Å²) in [5.74, 6) is 0.694. The lowest BCUT2D eigenvalue weighted by Gasteiger charge is -2.27. The molecule has 6 heteroatoms. The van der Waals surface area contributed by atoms with Crippen molar-refractivity contribution in [2.75, 3.05) is 24.4 Å². The van der Waals surface area contributed by atoms with E-state index < -0.39 is 10.2 Å². The molecule has 0 radical (unpaired) electrons. The molecule has 2 heterocycles. The minimum Gasteiger partial charge on any atom is -0.491 e. The molecule has 5 nitrogen and oxygen atoms in total. The molecule has 0 spiro atoms. The highest BCUT2D eigenvalue weighted by atomic mass is 32.2. The fraction of sp³-hybridized carbons (Fsp3) is 0.571. The maximum absolute atomic E-state index is 12.4. The number of rotatable bonds is 3. The first kappa shape index (κ1) is 13.7. The van der Waals surface area contributed by atoms with Crippen molar-refractivity contribution in [2.24, 2.45) is 0 Å². The molecular formula is C14H20N2O3S. The van der Waals surface area contributed by atoms with Crippen LogP contribution in [0.2, 0.25) is 0 Å². The Kier molecular flexibility index (Phi) is 3.85. The molecule has 0 unspecified atom stereocenters. The summed E-state index contributed by atoms with van der Waals surface area (Å²) in [4.78, 5) is 0. The molecule has 20 heavy (non-hydrogen) atoms. The molecule has 3 rings (SSSR count). The summed E-state index contributed by atoms with van der Waals surface area (Å²) >= 11 is 0. The van der Waals surface area contributed by atoms with Crippen molar-refractivity contribution in [3.05, 3.63) is 23.8 Å². The monoisotopic (exact) mass is 296 g/mol. The van der Waals surface area contributed by atoms with Crippen LogP contribution in [-0.2, 0) is 16.6 Å². The summed E-state index contributed by atoms with van der Waals surface area (Å²) in [6.07, 6.45) is 4.90. The molecule has 1 aromatic rings. The van der Waals surface area contributed by atoms with E-state index >= 15 is 0 Å². The van der Waals surface area contributed by atoms with Gasteiger partial charge in [0.25, 0.3) is 0 Å². The van der Waals surface area contributed by atoms with E-state index in [1.807, 2.05) is 12.1 Å². The second-order valence-electron chi connectivity index (χ2n) is 5.31. The van der Waals surface area contributed by atoms with E-state index in [0.717, 1.165) is 37.7 Å². The van der Waals surface area contributed by atoms with Crippen LogP contribution >= 0.6 is 0 Å². The van der Waals surface area contributed by atoms with Crippen molar-refractivity contribution < 1.29 is 13.2 Å². The van der Waals surface area contributed by atoms with Crippen LogP contribution in [0.15, 0.2) is 18.2 Å². The molecule has 0 bridgehead atoms. The Morgan fingerprint density at radius 3 is 2.70 bits per heavy atom. The maximum atomic E-state index is 12.4. The quantitative estimate of drug-likeness (QED) is 0.930. The summed E-state index contributed by atoms with van der Waals surface area (Å²) in [7, 11) is -3.47. The van der Waals surface area contributed by atoms with Crippen LogP contribution in [0, 0.1) is 0 Å². The number of aryl methyl sites for hydroxylation is 1. The predicted molar refractivity (Wildman–Crippen MR) is 78.2 cm³/mol. The summed E-state index contributed by atoms with van der Waals surface area (Å²) in [5.41, 5.74) is 1.64. The third kappa shape index (κ3) is 2.76. The van der Waals surface area contributed by atoms with Crippen LogP contribution < -0.4 is 9.46 Å². The Hall–Kier alpha value is -1.27. The fourth-order valence-corrected chi connectivity index (χ4v) is 4.08. The average molecular weight is 296 g/mol. The van der Waals surface area contributed by atoms with Crippen LogP contribution in [0.5, 0.6) is 5.75 Å². The number of nitrogens with one attached hydrogen (secondary N) is 1. The van der Waals surface area contributed by atoms with Crippen LogP contribution in [0.4, 0.5) is 5.69 Å². The van der Waals surface area contributed by atoms with E-state index in [4.69, 9.17) is 4.74 Å². The normalized spacial score (nSPS) is 20.0. The van der Waals surface area contributed by atoms with Crippen molar-refractivity contribution in [3.63, 3.8) is 0 Å². The van der Waals surface area contributed by atoms with E-state index in [0.29, 0.717) is 31.1 Å². The molecule has 1 saturated heterocycles. The SMILES string of the molecule is O=S(=O)(Nc1cccc2c1OCCC2)N1CCCCC1. The van der Waals surface area contributed by atoms with E-state index in [9.17, 15) is 8.42 Å².